The van der Waals surface area contributed by atoms with Crippen LogP contribution in [0.5, 0.6) is 0 Å². The van der Waals surface area contributed by atoms with Gasteiger partial charge in [0.2, 0.25) is 0 Å². The first kappa shape index (κ1) is 20.3. The SMILES string of the molecule is O=S(=O)(Nc1ccc(Br)cc1)c1ccc2c(c1)[C@H]1C=CC[C@H]1[C@@H](c1ccccc1F)N2. The summed E-state index contributed by atoms with van der Waals surface area (Å²) in [4.78, 5) is 0.208. The predicted octanol–water partition coefficient (Wildman–Crippen LogP) is 6.22. The van der Waals surface area contributed by atoms with Gasteiger partial charge in [-0.1, -0.05) is 46.3 Å². The molecule has 7 heteroatoms. The fourth-order valence-electron chi connectivity index (χ4n) is 4.51. The van der Waals surface area contributed by atoms with E-state index in [9.17, 15) is 12.8 Å². The van der Waals surface area contributed by atoms with E-state index in [4.69, 9.17) is 0 Å². The Labute approximate surface area is 189 Å². The molecular formula is C24H20BrFN2O2S. The lowest BCUT2D eigenvalue weighted by atomic mass is 9.77. The minimum atomic E-state index is -3.74. The quantitative estimate of drug-likeness (QED) is 0.420. The van der Waals surface area contributed by atoms with Crippen molar-refractivity contribution in [2.75, 3.05) is 10.0 Å². The number of sulfonamides is 1. The second kappa shape index (κ2) is 7.80. The maximum absolute atomic E-state index is 14.5. The van der Waals surface area contributed by atoms with Crippen LogP contribution in [0, 0.1) is 11.7 Å². The van der Waals surface area contributed by atoms with Crippen LogP contribution in [-0.2, 0) is 10.0 Å². The second-order valence-electron chi connectivity index (χ2n) is 7.86. The van der Waals surface area contributed by atoms with Gasteiger partial charge in [-0.2, -0.15) is 0 Å². The first-order valence-electron chi connectivity index (χ1n) is 10.0. The molecular weight excluding hydrogens is 479 g/mol. The molecule has 0 unspecified atom stereocenters. The molecule has 1 aliphatic carbocycles. The number of allylic oxidation sites excluding steroid dienone is 2. The zero-order valence-corrected chi connectivity index (χ0v) is 18.8. The minimum Gasteiger partial charge on any atom is -0.378 e. The fourth-order valence-corrected chi connectivity index (χ4v) is 5.86. The maximum Gasteiger partial charge on any atom is 0.261 e. The van der Waals surface area contributed by atoms with E-state index in [1.807, 2.05) is 12.1 Å². The van der Waals surface area contributed by atoms with Crippen molar-refractivity contribution in [3.05, 3.63) is 100 Å². The number of halogens is 2. The first-order valence-corrected chi connectivity index (χ1v) is 12.3. The van der Waals surface area contributed by atoms with Crippen LogP contribution in [0.15, 0.2) is 88.3 Å². The van der Waals surface area contributed by atoms with Crippen LogP contribution in [0.2, 0.25) is 0 Å². The van der Waals surface area contributed by atoms with E-state index in [0.29, 0.717) is 11.3 Å². The highest BCUT2D eigenvalue weighted by molar-refractivity contribution is 9.10. The second-order valence-corrected chi connectivity index (χ2v) is 10.5. The third-order valence-electron chi connectivity index (χ3n) is 5.98. The van der Waals surface area contributed by atoms with Crippen molar-refractivity contribution >= 4 is 37.3 Å². The van der Waals surface area contributed by atoms with Crippen molar-refractivity contribution in [3.63, 3.8) is 0 Å². The molecule has 0 bridgehead atoms. The lowest BCUT2D eigenvalue weighted by Gasteiger charge is -2.37. The number of hydrogen-bond donors (Lipinski definition) is 2. The summed E-state index contributed by atoms with van der Waals surface area (Å²) < 4.78 is 44.0. The van der Waals surface area contributed by atoms with Crippen LogP contribution in [0.3, 0.4) is 0 Å². The summed E-state index contributed by atoms with van der Waals surface area (Å²) in [5.74, 6) is -0.0718. The van der Waals surface area contributed by atoms with Crippen molar-refractivity contribution in [2.45, 2.75) is 23.3 Å². The highest BCUT2D eigenvalue weighted by Crippen LogP contribution is 2.50. The van der Waals surface area contributed by atoms with Crippen molar-refractivity contribution < 1.29 is 12.8 Å². The average molecular weight is 499 g/mol. The van der Waals surface area contributed by atoms with Crippen LogP contribution < -0.4 is 10.0 Å². The molecule has 0 fully saturated rings. The standard InChI is InChI=1S/C24H20BrFN2O2S/c25-15-8-10-16(11-9-15)28-31(29,30)17-12-13-23-21(14-17)18-5-3-6-19(18)24(27-23)20-4-1-2-7-22(20)26/h1-5,7-14,18-19,24,27-28H,6H2/t18-,19+,24-/m0/s1. The molecule has 3 aromatic rings. The van der Waals surface area contributed by atoms with E-state index in [1.165, 1.54) is 6.07 Å². The summed E-state index contributed by atoms with van der Waals surface area (Å²) in [5, 5.41) is 3.46. The molecule has 0 spiro atoms. The summed E-state index contributed by atoms with van der Waals surface area (Å²) in [7, 11) is -3.74. The molecule has 1 aliphatic heterocycles. The van der Waals surface area contributed by atoms with E-state index < -0.39 is 10.0 Å². The van der Waals surface area contributed by atoms with Gasteiger partial charge in [0.25, 0.3) is 10.0 Å². The molecule has 0 saturated carbocycles. The smallest absolute Gasteiger partial charge is 0.261 e. The zero-order chi connectivity index (χ0) is 21.6. The van der Waals surface area contributed by atoms with Gasteiger partial charge in [0.1, 0.15) is 5.82 Å². The lowest BCUT2D eigenvalue weighted by Crippen LogP contribution is -2.30. The molecule has 3 aromatic carbocycles. The molecule has 0 amide bonds. The highest BCUT2D eigenvalue weighted by atomic mass is 79.9. The monoisotopic (exact) mass is 498 g/mol. The number of nitrogens with one attached hydrogen (secondary N) is 2. The molecule has 3 atom stereocenters. The number of benzene rings is 3. The van der Waals surface area contributed by atoms with Crippen LogP contribution in [0.25, 0.3) is 0 Å². The Morgan fingerprint density at radius 2 is 1.77 bits per heavy atom. The number of fused-ring (bicyclic) bond motifs is 3. The summed E-state index contributed by atoms with van der Waals surface area (Å²) >= 11 is 3.35. The Bertz CT molecular complexity index is 1270. The topological polar surface area (TPSA) is 58.2 Å². The largest absolute Gasteiger partial charge is 0.378 e. The summed E-state index contributed by atoms with van der Waals surface area (Å²) in [5.41, 5.74) is 2.89. The van der Waals surface area contributed by atoms with Crippen molar-refractivity contribution in [1.82, 2.24) is 0 Å². The molecule has 5 rings (SSSR count). The van der Waals surface area contributed by atoms with Crippen LogP contribution in [-0.4, -0.2) is 8.42 Å². The molecule has 4 nitrogen and oxygen atoms in total. The van der Waals surface area contributed by atoms with Gasteiger partial charge in [0.05, 0.1) is 10.9 Å². The van der Waals surface area contributed by atoms with Gasteiger partial charge in [-0.3, -0.25) is 4.72 Å². The molecule has 2 aliphatic rings. The number of anilines is 2. The van der Waals surface area contributed by atoms with E-state index in [2.05, 4.69) is 38.1 Å². The Hall–Kier alpha value is -2.64. The van der Waals surface area contributed by atoms with Crippen LogP contribution >= 0.6 is 15.9 Å². The van der Waals surface area contributed by atoms with Crippen molar-refractivity contribution in [2.24, 2.45) is 5.92 Å². The van der Waals surface area contributed by atoms with Gasteiger partial charge in [-0.05, 0) is 66.4 Å². The van der Waals surface area contributed by atoms with E-state index in [-0.39, 0.29) is 28.6 Å². The van der Waals surface area contributed by atoms with Crippen molar-refractivity contribution in [1.29, 1.82) is 0 Å². The summed E-state index contributed by atoms with van der Waals surface area (Å²) in [6.45, 7) is 0. The summed E-state index contributed by atoms with van der Waals surface area (Å²) in [6.07, 6.45) is 5.02. The van der Waals surface area contributed by atoms with E-state index in [1.54, 1.807) is 48.5 Å². The van der Waals surface area contributed by atoms with Gasteiger partial charge in [-0.15, -0.1) is 0 Å². The normalized spacial score (nSPS) is 21.8. The molecule has 158 valence electrons. The predicted molar refractivity (Wildman–Crippen MR) is 124 cm³/mol. The molecule has 31 heavy (non-hydrogen) atoms. The fraction of sp³-hybridized carbons (Fsp3) is 0.167. The van der Waals surface area contributed by atoms with Crippen LogP contribution in [0.1, 0.15) is 29.5 Å². The van der Waals surface area contributed by atoms with Gasteiger partial charge >= 0.3 is 0 Å². The molecule has 0 saturated heterocycles. The Kier molecular flexibility index (Phi) is 5.10. The number of rotatable bonds is 4. The Morgan fingerprint density at radius 1 is 1.00 bits per heavy atom. The van der Waals surface area contributed by atoms with Crippen molar-refractivity contribution in [3.8, 4) is 0 Å². The molecule has 1 heterocycles. The molecule has 2 N–H and O–H groups in total. The third-order valence-corrected chi connectivity index (χ3v) is 7.89. The third kappa shape index (κ3) is 3.77. The Morgan fingerprint density at radius 3 is 2.55 bits per heavy atom. The highest BCUT2D eigenvalue weighted by Gasteiger charge is 2.39. The van der Waals surface area contributed by atoms with Crippen LogP contribution in [0.4, 0.5) is 15.8 Å². The van der Waals surface area contributed by atoms with Gasteiger partial charge < -0.3 is 5.32 Å². The maximum atomic E-state index is 14.5. The summed E-state index contributed by atoms with van der Waals surface area (Å²) in [6, 6.07) is 18.7. The minimum absolute atomic E-state index is 0.0312. The van der Waals surface area contributed by atoms with E-state index >= 15 is 0 Å². The van der Waals surface area contributed by atoms with Gasteiger partial charge in [0, 0.05) is 27.3 Å². The number of hydrogen-bond acceptors (Lipinski definition) is 3. The molecule has 0 aromatic heterocycles. The van der Waals surface area contributed by atoms with Gasteiger partial charge in [0.15, 0.2) is 0 Å². The lowest BCUT2D eigenvalue weighted by molar-refractivity contribution is 0.413. The Balaban J connectivity index is 1.50. The first-order chi connectivity index (χ1) is 14.9. The van der Waals surface area contributed by atoms with Gasteiger partial charge in [-0.25, -0.2) is 12.8 Å². The zero-order valence-electron chi connectivity index (χ0n) is 16.4. The van der Waals surface area contributed by atoms with E-state index in [0.717, 1.165) is 22.1 Å². The average Bonchev–Trinajstić information content (AvgIpc) is 3.25. The molecule has 0 radical (unpaired) electrons.